The van der Waals surface area contributed by atoms with Crippen LogP contribution in [0.2, 0.25) is 0 Å². The normalized spacial score (nSPS) is 11.7. The van der Waals surface area contributed by atoms with Gasteiger partial charge in [0, 0.05) is 15.9 Å². The largest absolute Gasteiger partial charge is 0.309 e. The summed E-state index contributed by atoms with van der Waals surface area (Å²) in [4.78, 5) is 0. The van der Waals surface area contributed by atoms with Crippen molar-refractivity contribution >= 4 is 44.6 Å². The van der Waals surface area contributed by atoms with Crippen molar-refractivity contribution in [3.63, 3.8) is 0 Å². The van der Waals surface area contributed by atoms with Gasteiger partial charge in [0.15, 0.2) is 7.14 Å². The van der Waals surface area contributed by atoms with Gasteiger partial charge in [-0.1, -0.05) is 109 Å². The van der Waals surface area contributed by atoms with Crippen molar-refractivity contribution in [2.45, 2.75) is 0 Å². The fourth-order valence-electron chi connectivity index (χ4n) is 4.01. The lowest BCUT2D eigenvalue weighted by atomic mass is 10.0. The van der Waals surface area contributed by atoms with Crippen molar-refractivity contribution in [2.75, 3.05) is 0 Å². The van der Waals surface area contributed by atoms with Crippen molar-refractivity contribution in [3.05, 3.63) is 115 Å². The zero-order valence-corrected chi connectivity index (χ0v) is 16.2. The molecule has 5 aromatic carbocycles. The summed E-state index contributed by atoms with van der Waals surface area (Å²) in [6, 6.07) is 38.5. The third-order valence-electron chi connectivity index (χ3n) is 5.30. The first kappa shape index (κ1) is 17.0. The molecule has 2 heteroatoms. The number of benzene rings is 5. The Labute approximate surface area is 164 Å². The molecule has 28 heavy (non-hydrogen) atoms. The summed E-state index contributed by atoms with van der Waals surface area (Å²) in [6.07, 6.45) is 0. The molecule has 0 aliphatic carbocycles. The lowest BCUT2D eigenvalue weighted by Crippen LogP contribution is -2.26. The van der Waals surface area contributed by atoms with E-state index < -0.39 is 7.14 Å². The maximum absolute atomic E-state index is 15.0. The summed E-state index contributed by atoms with van der Waals surface area (Å²) in [5, 5.41) is 6.99. The van der Waals surface area contributed by atoms with E-state index in [1.807, 2.05) is 84.9 Å². The van der Waals surface area contributed by atoms with Crippen LogP contribution in [0.4, 0.5) is 0 Å². The molecule has 0 aliphatic rings. The van der Waals surface area contributed by atoms with Gasteiger partial charge in [-0.15, -0.1) is 0 Å². The lowest BCUT2D eigenvalue weighted by molar-refractivity contribution is 0.593. The van der Waals surface area contributed by atoms with Crippen molar-refractivity contribution in [1.29, 1.82) is 0 Å². The monoisotopic (exact) mass is 378 g/mol. The Hall–Kier alpha value is -3.15. The van der Waals surface area contributed by atoms with E-state index in [4.69, 9.17) is 0 Å². The lowest BCUT2D eigenvalue weighted by Gasteiger charge is -2.23. The van der Waals surface area contributed by atoms with E-state index in [0.29, 0.717) is 0 Å². The molecular weight excluding hydrogens is 359 g/mol. The Morgan fingerprint density at radius 1 is 0.464 bits per heavy atom. The fourth-order valence-corrected chi connectivity index (χ4v) is 7.10. The average molecular weight is 378 g/mol. The molecule has 5 rings (SSSR count). The Balaban J connectivity index is 2.01. The van der Waals surface area contributed by atoms with E-state index in [2.05, 4.69) is 30.3 Å². The molecule has 0 saturated heterocycles. The maximum atomic E-state index is 15.0. The van der Waals surface area contributed by atoms with E-state index in [-0.39, 0.29) is 0 Å². The highest BCUT2D eigenvalue weighted by Gasteiger charge is 2.32. The summed E-state index contributed by atoms with van der Waals surface area (Å²) in [5.41, 5.74) is 0. The quantitative estimate of drug-likeness (QED) is 0.294. The van der Waals surface area contributed by atoms with Crippen LogP contribution in [-0.4, -0.2) is 0 Å². The van der Waals surface area contributed by atoms with Gasteiger partial charge in [0.2, 0.25) is 0 Å². The summed E-state index contributed by atoms with van der Waals surface area (Å²) in [7, 11) is -3.07. The van der Waals surface area contributed by atoms with E-state index in [1.54, 1.807) is 0 Å². The van der Waals surface area contributed by atoms with Crippen LogP contribution < -0.4 is 15.9 Å². The minimum atomic E-state index is -3.07. The predicted molar refractivity (Wildman–Crippen MR) is 121 cm³/mol. The Morgan fingerprint density at radius 2 is 0.857 bits per heavy atom. The molecule has 0 atom stereocenters. The fraction of sp³-hybridized carbons (Fsp3) is 0. The molecule has 0 bridgehead atoms. The van der Waals surface area contributed by atoms with Gasteiger partial charge < -0.3 is 4.57 Å². The smallest absolute Gasteiger partial charge is 0.172 e. The van der Waals surface area contributed by atoms with Gasteiger partial charge in [0.25, 0.3) is 0 Å². The molecule has 0 amide bonds. The van der Waals surface area contributed by atoms with Crippen LogP contribution >= 0.6 is 7.14 Å². The molecule has 134 valence electrons. The summed E-state index contributed by atoms with van der Waals surface area (Å²) < 4.78 is 15.0. The van der Waals surface area contributed by atoms with Crippen molar-refractivity contribution in [1.82, 2.24) is 0 Å². The van der Waals surface area contributed by atoms with Crippen LogP contribution in [0.15, 0.2) is 115 Å². The second-order valence-corrected chi connectivity index (χ2v) is 9.65. The van der Waals surface area contributed by atoms with Gasteiger partial charge in [-0.25, -0.2) is 0 Å². The summed E-state index contributed by atoms with van der Waals surface area (Å²) in [6.45, 7) is 0. The topological polar surface area (TPSA) is 17.1 Å². The minimum absolute atomic E-state index is 0.864. The standard InChI is InChI=1S/C26H19OP/c27-28(22-13-3-1-4-14-22,23-15-5-2-6-16-23)26-24-17-9-7-11-20(24)19-21-12-8-10-18-25(21)26/h1-19H. The molecule has 1 nitrogen and oxygen atoms in total. The van der Waals surface area contributed by atoms with Crippen molar-refractivity contribution in [2.24, 2.45) is 0 Å². The summed E-state index contributed by atoms with van der Waals surface area (Å²) >= 11 is 0. The van der Waals surface area contributed by atoms with Gasteiger partial charge in [-0.05, 0) is 27.6 Å². The highest BCUT2D eigenvalue weighted by Crippen LogP contribution is 2.46. The van der Waals surface area contributed by atoms with Gasteiger partial charge in [0.1, 0.15) is 0 Å². The van der Waals surface area contributed by atoms with Crippen LogP contribution in [0.3, 0.4) is 0 Å². The number of hydrogen-bond acceptors (Lipinski definition) is 1. The molecule has 0 heterocycles. The van der Waals surface area contributed by atoms with Crippen LogP contribution in [-0.2, 0) is 4.57 Å². The van der Waals surface area contributed by atoms with Gasteiger partial charge in [-0.2, -0.15) is 0 Å². The first-order chi connectivity index (χ1) is 13.8. The summed E-state index contributed by atoms with van der Waals surface area (Å²) in [5.74, 6) is 0. The second kappa shape index (κ2) is 6.78. The molecule has 0 saturated carbocycles. The van der Waals surface area contributed by atoms with Gasteiger partial charge in [-0.3, -0.25) is 0 Å². The molecule has 0 spiro atoms. The molecule has 0 aliphatic heterocycles. The van der Waals surface area contributed by atoms with Gasteiger partial charge in [0.05, 0.1) is 0 Å². The third kappa shape index (κ3) is 2.59. The molecular formula is C26H19OP. The van der Waals surface area contributed by atoms with E-state index in [9.17, 15) is 0 Å². The number of rotatable bonds is 3. The average Bonchev–Trinajstić information content (AvgIpc) is 2.78. The molecule has 0 radical (unpaired) electrons. The van der Waals surface area contributed by atoms with Gasteiger partial charge >= 0.3 is 0 Å². The molecule has 0 fully saturated rings. The zero-order chi connectivity index (χ0) is 19.0. The highest BCUT2D eigenvalue weighted by atomic mass is 31.2. The van der Waals surface area contributed by atoms with Crippen molar-refractivity contribution < 1.29 is 4.57 Å². The second-order valence-electron chi connectivity index (χ2n) is 6.95. The Bertz CT molecular complexity index is 1230. The molecule has 5 aromatic rings. The Kier molecular flexibility index (Phi) is 4.11. The van der Waals surface area contributed by atoms with Crippen LogP contribution in [0.1, 0.15) is 0 Å². The Morgan fingerprint density at radius 3 is 1.32 bits per heavy atom. The highest BCUT2D eigenvalue weighted by molar-refractivity contribution is 7.86. The van der Waals surface area contributed by atoms with E-state index in [0.717, 1.165) is 37.5 Å². The van der Waals surface area contributed by atoms with E-state index >= 15 is 4.57 Å². The number of fused-ring (bicyclic) bond motifs is 2. The minimum Gasteiger partial charge on any atom is -0.309 e. The first-order valence-electron chi connectivity index (χ1n) is 9.41. The molecule has 0 unspecified atom stereocenters. The first-order valence-corrected chi connectivity index (χ1v) is 11.1. The molecule has 0 aromatic heterocycles. The SMILES string of the molecule is O=P(c1ccccc1)(c1ccccc1)c1c2ccccc2cc2ccccc12. The zero-order valence-electron chi connectivity index (χ0n) is 15.3. The maximum Gasteiger partial charge on any atom is 0.172 e. The third-order valence-corrected chi connectivity index (χ3v) is 8.46. The molecule has 0 N–H and O–H groups in total. The van der Waals surface area contributed by atoms with Crippen LogP contribution in [0, 0.1) is 0 Å². The van der Waals surface area contributed by atoms with Crippen LogP contribution in [0.25, 0.3) is 21.5 Å². The van der Waals surface area contributed by atoms with Crippen LogP contribution in [0.5, 0.6) is 0 Å². The number of hydrogen-bond donors (Lipinski definition) is 0. The van der Waals surface area contributed by atoms with E-state index in [1.165, 1.54) is 0 Å². The van der Waals surface area contributed by atoms with Crippen molar-refractivity contribution in [3.8, 4) is 0 Å². The predicted octanol–water partition coefficient (Wildman–Crippen LogP) is 5.63.